The summed E-state index contributed by atoms with van der Waals surface area (Å²) in [6, 6.07) is 13.0. The van der Waals surface area contributed by atoms with Crippen LogP contribution in [0, 0.1) is 12.3 Å². The molecule has 3 heterocycles. The molecular weight excluding hydrogens is 390 g/mol. The summed E-state index contributed by atoms with van der Waals surface area (Å²) in [5.41, 5.74) is 1.81. The first-order valence-corrected chi connectivity index (χ1v) is 11.3. The van der Waals surface area contributed by atoms with E-state index in [0.717, 1.165) is 50.8 Å². The molecule has 0 radical (unpaired) electrons. The minimum absolute atomic E-state index is 0.0148. The molecule has 0 bridgehead atoms. The number of carbonyl (C=O) groups excluding carboxylic acids is 2. The number of hydrogen-bond acceptors (Lipinski definition) is 4. The van der Waals surface area contributed by atoms with E-state index >= 15 is 0 Å². The Morgan fingerprint density at radius 3 is 2.77 bits per heavy atom. The van der Waals surface area contributed by atoms with Gasteiger partial charge in [-0.2, -0.15) is 0 Å². The van der Waals surface area contributed by atoms with Crippen molar-refractivity contribution in [3.05, 3.63) is 59.4 Å². The number of aryl methyl sites for hydroxylation is 1. The number of piperidine rings is 1. The molecule has 2 aliphatic rings. The second-order valence-corrected chi connectivity index (χ2v) is 8.83. The molecule has 1 saturated heterocycles. The van der Waals surface area contributed by atoms with Crippen LogP contribution in [0.4, 0.5) is 0 Å². The van der Waals surface area contributed by atoms with Gasteiger partial charge in [-0.1, -0.05) is 31.0 Å². The monoisotopic (exact) mass is 421 g/mol. The maximum atomic E-state index is 13.1. The van der Waals surface area contributed by atoms with Crippen LogP contribution < -0.4 is 10.1 Å². The predicted molar refractivity (Wildman–Crippen MR) is 119 cm³/mol. The smallest absolute Gasteiger partial charge is 0.272 e. The van der Waals surface area contributed by atoms with Crippen LogP contribution in [0.1, 0.15) is 65.1 Å². The summed E-state index contributed by atoms with van der Waals surface area (Å²) in [6.07, 6.45) is 6.03. The molecule has 1 N–H and O–H groups in total. The fourth-order valence-electron chi connectivity index (χ4n) is 4.75. The molecule has 1 spiro atoms. The Balaban J connectivity index is 1.53. The number of ether oxygens (including phenoxy) is 1. The summed E-state index contributed by atoms with van der Waals surface area (Å²) in [5.74, 6) is 0.513. The van der Waals surface area contributed by atoms with E-state index in [1.807, 2.05) is 48.2 Å². The fraction of sp³-hybridized carbons (Fsp3) is 0.480. The van der Waals surface area contributed by atoms with Gasteiger partial charge in [0.25, 0.3) is 11.8 Å². The number of pyridine rings is 1. The van der Waals surface area contributed by atoms with Gasteiger partial charge in [0.15, 0.2) is 0 Å². The summed E-state index contributed by atoms with van der Waals surface area (Å²) < 4.78 is 5.85. The lowest BCUT2D eigenvalue weighted by Gasteiger charge is -2.43. The SMILES string of the molecule is Cc1cccc(C(=O)N2CCCC3(CCCCCOc4ccccc4C(=O)NC3)C2)n1. The molecule has 6 nitrogen and oxygen atoms in total. The number of amides is 2. The van der Waals surface area contributed by atoms with E-state index in [1.165, 1.54) is 0 Å². The van der Waals surface area contributed by atoms with E-state index in [9.17, 15) is 9.59 Å². The minimum atomic E-state index is -0.112. The highest BCUT2D eigenvalue weighted by Gasteiger charge is 2.38. The maximum absolute atomic E-state index is 13.1. The molecule has 0 aliphatic carbocycles. The minimum Gasteiger partial charge on any atom is -0.493 e. The molecule has 1 unspecified atom stereocenters. The third-order valence-corrected chi connectivity index (χ3v) is 6.42. The molecule has 1 aromatic heterocycles. The Morgan fingerprint density at radius 1 is 1.06 bits per heavy atom. The van der Waals surface area contributed by atoms with Crippen LogP contribution in [-0.2, 0) is 0 Å². The summed E-state index contributed by atoms with van der Waals surface area (Å²) >= 11 is 0. The van der Waals surface area contributed by atoms with Gasteiger partial charge in [0.05, 0.1) is 12.2 Å². The Hall–Kier alpha value is -2.89. The summed E-state index contributed by atoms with van der Waals surface area (Å²) in [4.78, 5) is 32.4. The number of hydrogen-bond donors (Lipinski definition) is 1. The van der Waals surface area contributed by atoms with Crippen LogP contribution in [0.5, 0.6) is 5.75 Å². The molecule has 1 aromatic carbocycles. The van der Waals surface area contributed by atoms with Gasteiger partial charge < -0.3 is 15.0 Å². The molecule has 2 aliphatic heterocycles. The number of nitrogens with one attached hydrogen (secondary N) is 1. The molecule has 4 rings (SSSR count). The molecule has 6 heteroatoms. The first-order valence-electron chi connectivity index (χ1n) is 11.3. The lowest BCUT2D eigenvalue weighted by molar-refractivity contribution is 0.0463. The van der Waals surface area contributed by atoms with E-state index in [-0.39, 0.29) is 17.2 Å². The number of nitrogens with zero attached hydrogens (tertiary/aromatic N) is 2. The van der Waals surface area contributed by atoms with Crippen LogP contribution in [0.25, 0.3) is 0 Å². The van der Waals surface area contributed by atoms with E-state index in [1.54, 1.807) is 6.07 Å². The second kappa shape index (κ2) is 9.50. The van der Waals surface area contributed by atoms with Crippen LogP contribution in [0.2, 0.25) is 0 Å². The van der Waals surface area contributed by atoms with Gasteiger partial charge in [-0.15, -0.1) is 0 Å². The third-order valence-electron chi connectivity index (χ3n) is 6.42. The van der Waals surface area contributed by atoms with Crippen molar-refractivity contribution < 1.29 is 14.3 Å². The lowest BCUT2D eigenvalue weighted by atomic mass is 9.75. The number of fused-ring (bicyclic) bond motifs is 1. The van der Waals surface area contributed by atoms with Gasteiger partial charge in [-0.25, -0.2) is 4.98 Å². The highest BCUT2D eigenvalue weighted by Crippen LogP contribution is 2.36. The van der Waals surface area contributed by atoms with Crippen LogP contribution in [0.3, 0.4) is 0 Å². The first kappa shape index (κ1) is 21.3. The zero-order chi connectivity index (χ0) is 21.7. The predicted octanol–water partition coefficient (Wildman–Crippen LogP) is 4.00. The van der Waals surface area contributed by atoms with Gasteiger partial charge >= 0.3 is 0 Å². The first-order chi connectivity index (χ1) is 15.1. The molecule has 31 heavy (non-hydrogen) atoms. The summed E-state index contributed by atoms with van der Waals surface area (Å²) in [5, 5.41) is 3.15. The van der Waals surface area contributed by atoms with Crippen LogP contribution in [0.15, 0.2) is 42.5 Å². The number of para-hydroxylation sites is 1. The summed E-state index contributed by atoms with van der Waals surface area (Å²) in [6.45, 7) is 4.46. The highest BCUT2D eigenvalue weighted by molar-refractivity contribution is 5.97. The fourth-order valence-corrected chi connectivity index (χ4v) is 4.75. The van der Waals surface area contributed by atoms with E-state index in [2.05, 4.69) is 10.3 Å². The van der Waals surface area contributed by atoms with E-state index in [4.69, 9.17) is 4.74 Å². The second-order valence-electron chi connectivity index (χ2n) is 8.83. The van der Waals surface area contributed by atoms with Crippen molar-refractivity contribution in [3.8, 4) is 5.75 Å². The number of carbonyl (C=O) groups is 2. The Kier molecular flexibility index (Phi) is 6.54. The van der Waals surface area contributed by atoms with Crippen LogP contribution in [-0.4, -0.2) is 47.9 Å². The van der Waals surface area contributed by atoms with Crippen molar-refractivity contribution in [1.29, 1.82) is 0 Å². The molecule has 2 aromatic rings. The van der Waals surface area contributed by atoms with Crippen molar-refractivity contribution >= 4 is 11.8 Å². The van der Waals surface area contributed by atoms with E-state index in [0.29, 0.717) is 36.7 Å². The average molecular weight is 422 g/mol. The topological polar surface area (TPSA) is 71.5 Å². The number of aromatic nitrogens is 1. The largest absolute Gasteiger partial charge is 0.493 e. The Morgan fingerprint density at radius 2 is 1.90 bits per heavy atom. The van der Waals surface area contributed by atoms with Crippen LogP contribution >= 0.6 is 0 Å². The number of rotatable bonds is 1. The Labute approximate surface area is 184 Å². The van der Waals surface area contributed by atoms with E-state index < -0.39 is 0 Å². The van der Waals surface area contributed by atoms with Crippen molar-refractivity contribution in [3.63, 3.8) is 0 Å². The van der Waals surface area contributed by atoms with Gasteiger partial charge in [-0.3, -0.25) is 9.59 Å². The zero-order valence-corrected chi connectivity index (χ0v) is 18.2. The normalized spacial score (nSPS) is 22.5. The Bertz CT molecular complexity index is 945. The average Bonchev–Trinajstić information content (AvgIpc) is 2.79. The molecular formula is C25H31N3O3. The quantitative estimate of drug-likeness (QED) is 0.756. The number of benzene rings is 1. The molecule has 2 amide bonds. The molecule has 164 valence electrons. The van der Waals surface area contributed by atoms with Crippen molar-refractivity contribution in [1.82, 2.24) is 15.2 Å². The standard InChI is InChI=1S/C25H31N3O3/c1-19-9-7-11-21(27-19)24(30)28-15-8-14-25(18-28)13-5-2-6-16-31-22-12-4-3-10-20(22)23(29)26-17-25/h3-4,7,9-12H,2,5-6,8,13-18H2,1H3,(H,26,29). The van der Waals surface area contributed by atoms with Crippen molar-refractivity contribution in [2.45, 2.75) is 45.4 Å². The zero-order valence-electron chi connectivity index (χ0n) is 18.2. The van der Waals surface area contributed by atoms with Gasteiger partial charge in [0.1, 0.15) is 11.4 Å². The highest BCUT2D eigenvalue weighted by atomic mass is 16.5. The molecule has 1 fully saturated rings. The molecule has 1 atom stereocenters. The lowest BCUT2D eigenvalue weighted by Crippen LogP contribution is -2.51. The molecule has 0 saturated carbocycles. The van der Waals surface area contributed by atoms with Crippen molar-refractivity contribution in [2.75, 3.05) is 26.2 Å². The van der Waals surface area contributed by atoms with Gasteiger partial charge in [0, 0.05) is 30.7 Å². The summed E-state index contributed by atoms with van der Waals surface area (Å²) in [7, 11) is 0. The van der Waals surface area contributed by atoms with Gasteiger partial charge in [-0.05, 0) is 56.9 Å². The number of likely N-dealkylation sites (tertiary alicyclic amines) is 1. The third kappa shape index (κ3) is 5.06. The van der Waals surface area contributed by atoms with Gasteiger partial charge in [0.2, 0.25) is 0 Å². The van der Waals surface area contributed by atoms with Crippen molar-refractivity contribution in [2.24, 2.45) is 5.41 Å². The maximum Gasteiger partial charge on any atom is 0.272 e.